The molecule has 0 aliphatic heterocycles. The van der Waals surface area contributed by atoms with Crippen LogP contribution in [0, 0.1) is 11.8 Å². The van der Waals surface area contributed by atoms with Crippen molar-refractivity contribution in [2.45, 2.75) is 188 Å². The van der Waals surface area contributed by atoms with Gasteiger partial charge in [-0.15, -0.1) is 6.58 Å². The number of ether oxygens (including phenoxy) is 2. The summed E-state index contributed by atoms with van der Waals surface area (Å²) in [5.41, 5.74) is 0. The summed E-state index contributed by atoms with van der Waals surface area (Å²) < 4.78 is 11.7. The van der Waals surface area contributed by atoms with Crippen molar-refractivity contribution in [2.75, 3.05) is 39.5 Å². The molecule has 0 saturated carbocycles. The van der Waals surface area contributed by atoms with Crippen LogP contribution in [-0.2, 0) is 14.3 Å². The molecule has 0 heterocycles. The molecule has 0 aliphatic carbocycles. The first kappa shape index (κ1) is 50.3. The second-order valence-corrected chi connectivity index (χ2v) is 14.8. The summed E-state index contributed by atoms with van der Waals surface area (Å²) in [6, 6.07) is 0. The molecular weight excluding hydrogens is 647 g/mol. The van der Waals surface area contributed by atoms with Gasteiger partial charge in [0.15, 0.2) is 6.29 Å². The minimum atomic E-state index is -0.646. The molecule has 0 saturated heterocycles. The number of carbonyl (C=O) groups excluding carboxylic acids is 1. The van der Waals surface area contributed by atoms with E-state index in [0.29, 0.717) is 13.2 Å². The molecule has 2 N–H and O–H groups in total. The molecule has 0 amide bonds. The molecule has 0 aromatic carbocycles. The molecule has 0 spiro atoms. The fourth-order valence-electron chi connectivity index (χ4n) is 6.60. The Morgan fingerprint density at radius 2 is 1.31 bits per heavy atom. The maximum Gasteiger partial charge on any atom is 0.309 e. The average molecular weight is 732 g/mol. The molecule has 0 rings (SSSR count). The minimum Gasteiger partial charge on any atom is -0.465 e. The zero-order valence-electron chi connectivity index (χ0n) is 34.5. The van der Waals surface area contributed by atoms with Gasteiger partial charge in [0.25, 0.3) is 0 Å². The van der Waals surface area contributed by atoms with Crippen molar-refractivity contribution in [1.29, 1.82) is 0 Å². The molecular formula is C46H85NO5. The molecule has 304 valence electrons. The number of nitrogens with zero attached hydrogens (tertiary/aromatic N) is 1. The predicted molar refractivity (Wildman–Crippen MR) is 223 cm³/mol. The lowest BCUT2D eigenvalue weighted by Crippen LogP contribution is -2.29. The second kappa shape index (κ2) is 40.5. The molecule has 3 atom stereocenters. The van der Waals surface area contributed by atoms with Crippen LogP contribution in [-0.4, -0.2) is 66.8 Å². The summed E-state index contributed by atoms with van der Waals surface area (Å²) in [5.74, 6) is 0.117. The SMILES string of the molecule is C=CCCCCC(CCCCCCCC)C(O)OCCCCCCN(CCO)CCCCCCOC(=O)[C@@H](C/C=C/CCC)CC/C=C/C/C=C/C. The van der Waals surface area contributed by atoms with E-state index in [1.54, 1.807) is 0 Å². The Labute approximate surface area is 322 Å². The fourth-order valence-corrected chi connectivity index (χ4v) is 6.60. The second-order valence-electron chi connectivity index (χ2n) is 14.8. The van der Waals surface area contributed by atoms with E-state index in [1.165, 1.54) is 38.5 Å². The number of unbranched alkanes of at least 4 members (excludes halogenated alkanes) is 14. The maximum absolute atomic E-state index is 12.8. The molecule has 2 unspecified atom stereocenters. The molecule has 0 fully saturated rings. The summed E-state index contributed by atoms with van der Waals surface area (Å²) in [6.07, 6.45) is 41.4. The van der Waals surface area contributed by atoms with Crippen LogP contribution in [0.4, 0.5) is 0 Å². The van der Waals surface area contributed by atoms with Crippen molar-refractivity contribution in [3.8, 4) is 0 Å². The topological polar surface area (TPSA) is 79.2 Å². The first-order valence-corrected chi connectivity index (χ1v) is 21.8. The van der Waals surface area contributed by atoms with Crippen molar-refractivity contribution >= 4 is 5.97 Å². The number of rotatable bonds is 40. The minimum absolute atomic E-state index is 0.0533. The van der Waals surface area contributed by atoms with E-state index in [9.17, 15) is 15.0 Å². The average Bonchev–Trinajstić information content (AvgIpc) is 3.14. The third kappa shape index (κ3) is 32.9. The Morgan fingerprint density at radius 1 is 0.673 bits per heavy atom. The van der Waals surface area contributed by atoms with Crippen LogP contribution < -0.4 is 0 Å². The van der Waals surface area contributed by atoms with Gasteiger partial charge in [0, 0.05) is 19.1 Å². The van der Waals surface area contributed by atoms with E-state index in [0.717, 1.165) is 142 Å². The highest BCUT2D eigenvalue weighted by atomic mass is 16.6. The van der Waals surface area contributed by atoms with Gasteiger partial charge in [-0.2, -0.15) is 0 Å². The van der Waals surface area contributed by atoms with Gasteiger partial charge in [0.2, 0.25) is 0 Å². The van der Waals surface area contributed by atoms with E-state index in [2.05, 4.69) is 61.8 Å². The molecule has 0 aromatic rings. The van der Waals surface area contributed by atoms with Gasteiger partial charge in [0.1, 0.15) is 0 Å². The van der Waals surface area contributed by atoms with Gasteiger partial charge in [-0.1, -0.05) is 133 Å². The van der Waals surface area contributed by atoms with E-state index >= 15 is 0 Å². The van der Waals surface area contributed by atoms with Crippen molar-refractivity contribution in [1.82, 2.24) is 4.90 Å². The molecule has 0 bridgehead atoms. The van der Waals surface area contributed by atoms with Crippen molar-refractivity contribution in [3.63, 3.8) is 0 Å². The maximum atomic E-state index is 12.8. The van der Waals surface area contributed by atoms with Crippen LogP contribution in [0.2, 0.25) is 0 Å². The summed E-state index contributed by atoms with van der Waals surface area (Å²) in [5, 5.41) is 20.4. The standard InChI is InChI=1S/C46H85NO5/c1-5-9-13-17-19-27-35-43(33-25-15-11-7-3)45(49)51-41-31-23-21-29-37-47(39-40-48)38-30-22-24-32-42-52-46(50)44(34-26-16-12-8-4)36-28-20-18-14-10-6-2/h6-7,10,16,18,20,26,43-45,48-49H,3,5,8-9,11-15,17,19,21-25,27-42H2,1-2,4H3/b10-6+,20-18+,26-16+/t43?,44-,45?/m0/s1. The Balaban J connectivity index is 4.25. The lowest BCUT2D eigenvalue weighted by Gasteiger charge is -2.23. The predicted octanol–water partition coefficient (Wildman–Crippen LogP) is 12.1. The number of hydrogen-bond donors (Lipinski definition) is 2. The highest BCUT2D eigenvalue weighted by Crippen LogP contribution is 2.23. The van der Waals surface area contributed by atoms with Crippen LogP contribution >= 0.6 is 0 Å². The van der Waals surface area contributed by atoms with Gasteiger partial charge in [-0.05, 0) is 103 Å². The molecule has 6 heteroatoms. The van der Waals surface area contributed by atoms with Gasteiger partial charge in [-0.3, -0.25) is 4.79 Å². The zero-order valence-corrected chi connectivity index (χ0v) is 34.5. The van der Waals surface area contributed by atoms with E-state index in [1.807, 2.05) is 13.0 Å². The Kier molecular flexibility index (Phi) is 39.1. The number of carbonyl (C=O) groups is 1. The normalized spacial score (nSPS) is 13.9. The van der Waals surface area contributed by atoms with E-state index in [4.69, 9.17) is 9.47 Å². The Morgan fingerprint density at radius 3 is 1.98 bits per heavy atom. The largest absolute Gasteiger partial charge is 0.465 e. The third-order valence-electron chi connectivity index (χ3n) is 9.98. The summed E-state index contributed by atoms with van der Waals surface area (Å²) >= 11 is 0. The molecule has 0 aliphatic rings. The van der Waals surface area contributed by atoms with Gasteiger partial charge in [-0.25, -0.2) is 0 Å². The summed E-state index contributed by atoms with van der Waals surface area (Å²) in [6.45, 7) is 14.3. The Hall–Kier alpha value is -1.73. The van der Waals surface area contributed by atoms with Crippen LogP contribution in [0.3, 0.4) is 0 Å². The van der Waals surface area contributed by atoms with E-state index < -0.39 is 6.29 Å². The quantitative estimate of drug-likeness (QED) is 0.0283. The third-order valence-corrected chi connectivity index (χ3v) is 9.98. The smallest absolute Gasteiger partial charge is 0.309 e. The van der Waals surface area contributed by atoms with Crippen LogP contribution in [0.25, 0.3) is 0 Å². The molecule has 6 nitrogen and oxygen atoms in total. The van der Waals surface area contributed by atoms with Crippen LogP contribution in [0.15, 0.2) is 49.1 Å². The van der Waals surface area contributed by atoms with Crippen molar-refractivity contribution in [3.05, 3.63) is 49.1 Å². The highest BCUT2D eigenvalue weighted by Gasteiger charge is 2.20. The number of aliphatic hydroxyl groups excluding tert-OH is 2. The van der Waals surface area contributed by atoms with E-state index in [-0.39, 0.29) is 24.4 Å². The van der Waals surface area contributed by atoms with Crippen LogP contribution in [0.1, 0.15) is 181 Å². The lowest BCUT2D eigenvalue weighted by molar-refractivity contribution is -0.148. The number of esters is 1. The van der Waals surface area contributed by atoms with Crippen molar-refractivity contribution in [2.24, 2.45) is 11.8 Å². The number of hydrogen-bond acceptors (Lipinski definition) is 6. The van der Waals surface area contributed by atoms with Gasteiger partial charge in [0.05, 0.1) is 19.1 Å². The number of aliphatic hydroxyl groups is 2. The lowest BCUT2D eigenvalue weighted by atomic mass is 9.94. The Bertz CT molecular complexity index is 856. The summed E-state index contributed by atoms with van der Waals surface area (Å²) in [4.78, 5) is 15.2. The molecule has 0 aromatic heterocycles. The molecule has 0 radical (unpaired) electrons. The molecule has 52 heavy (non-hydrogen) atoms. The van der Waals surface area contributed by atoms with Gasteiger partial charge >= 0.3 is 5.97 Å². The fraction of sp³-hybridized carbons (Fsp3) is 0.804. The van der Waals surface area contributed by atoms with Gasteiger partial charge < -0.3 is 24.6 Å². The number of allylic oxidation sites excluding steroid dienone is 7. The highest BCUT2D eigenvalue weighted by molar-refractivity contribution is 5.72. The van der Waals surface area contributed by atoms with Crippen LogP contribution in [0.5, 0.6) is 0 Å². The summed E-state index contributed by atoms with van der Waals surface area (Å²) in [7, 11) is 0. The zero-order chi connectivity index (χ0) is 38.2. The monoisotopic (exact) mass is 732 g/mol. The van der Waals surface area contributed by atoms with Crippen molar-refractivity contribution < 1.29 is 24.5 Å². The first-order chi connectivity index (χ1) is 25.5. The first-order valence-electron chi connectivity index (χ1n) is 21.8.